The fourth-order valence-corrected chi connectivity index (χ4v) is 2.57. The molecule has 1 aromatic carbocycles. The molecule has 1 fully saturated rings. The number of hydrogen-bond acceptors (Lipinski definition) is 3. The number of hydrogen-bond donors (Lipinski definition) is 1. The lowest BCUT2D eigenvalue weighted by molar-refractivity contribution is -0.137. The minimum absolute atomic E-state index is 0.106. The van der Waals surface area contributed by atoms with Gasteiger partial charge in [-0.15, -0.1) is 0 Å². The molecule has 1 aromatic rings. The number of amides is 1. The molecule has 1 amide bonds. The standard InChI is InChI=1S/C15H20N2O3/c1-16(10-5-8-14(18)19)13-9-11-17(15(13)20)12-6-3-2-4-7-12/h2-4,6-7,13H,5,8-11H2,1H3,(H,18,19)/t13-/m0/s1. The number of benzene rings is 1. The summed E-state index contributed by atoms with van der Waals surface area (Å²) in [4.78, 5) is 26.7. The lowest BCUT2D eigenvalue weighted by Crippen LogP contribution is -2.40. The topological polar surface area (TPSA) is 60.9 Å². The third kappa shape index (κ3) is 3.36. The molecule has 1 heterocycles. The van der Waals surface area contributed by atoms with Crippen LogP contribution in [0.15, 0.2) is 30.3 Å². The molecule has 0 radical (unpaired) electrons. The van der Waals surface area contributed by atoms with Crippen molar-refractivity contribution in [2.75, 3.05) is 25.0 Å². The van der Waals surface area contributed by atoms with E-state index in [2.05, 4.69) is 0 Å². The van der Waals surface area contributed by atoms with Crippen molar-refractivity contribution in [3.8, 4) is 0 Å². The number of nitrogens with zero attached hydrogens (tertiary/aromatic N) is 2. The summed E-state index contributed by atoms with van der Waals surface area (Å²) >= 11 is 0. The molecule has 1 aliphatic heterocycles. The Bertz CT molecular complexity index is 475. The first-order chi connectivity index (χ1) is 9.59. The number of carboxylic acids is 1. The maximum atomic E-state index is 12.4. The highest BCUT2D eigenvalue weighted by Crippen LogP contribution is 2.23. The van der Waals surface area contributed by atoms with Crippen molar-refractivity contribution in [3.63, 3.8) is 0 Å². The molecule has 0 aliphatic carbocycles. The lowest BCUT2D eigenvalue weighted by Gasteiger charge is -2.23. The molecule has 0 aromatic heterocycles. The predicted octanol–water partition coefficient (Wildman–Crippen LogP) is 1.59. The number of para-hydroxylation sites is 1. The van der Waals surface area contributed by atoms with Crippen LogP contribution in [0.4, 0.5) is 5.69 Å². The molecule has 2 rings (SSSR count). The van der Waals surface area contributed by atoms with Gasteiger partial charge in [0.05, 0.1) is 6.04 Å². The van der Waals surface area contributed by atoms with Crippen molar-refractivity contribution in [3.05, 3.63) is 30.3 Å². The van der Waals surface area contributed by atoms with Crippen LogP contribution in [0.1, 0.15) is 19.3 Å². The molecule has 1 N–H and O–H groups in total. The number of carbonyl (C=O) groups excluding carboxylic acids is 1. The average molecular weight is 276 g/mol. The van der Waals surface area contributed by atoms with Crippen LogP contribution in [-0.2, 0) is 9.59 Å². The summed E-state index contributed by atoms with van der Waals surface area (Å²) in [5.41, 5.74) is 0.930. The van der Waals surface area contributed by atoms with Gasteiger partial charge in [-0.3, -0.25) is 14.5 Å². The van der Waals surface area contributed by atoms with E-state index < -0.39 is 5.97 Å². The fourth-order valence-electron chi connectivity index (χ4n) is 2.57. The molecule has 0 spiro atoms. The first-order valence-corrected chi connectivity index (χ1v) is 6.88. The largest absolute Gasteiger partial charge is 0.481 e. The average Bonchev–Trinajstić information content (AvgIpc) is 2.81. The highest BCUT2D eigenvalue weighted by atomic mass is 16.4. The minimum atomic E-state index is -0.790. The molecular weight excluding hydrogens is 256 g/mol. The molecule has 1 saturated heterocycles. The van der Waals surface area contributed by atoms with E-state index in [1.807, 2.05) is 42.3 Å². The summed E-state index contributed by atoms with van der Waals surface area (Å²) in [5.74, 6) is -0.684. The maximum Gasteiger partial charge on any atom is 0.303 e. The molecule has 108 valence electrons. The zero-order valence-corrected chi connectivity index (χ0v) is 11.7. The van der Waals surface area contributed by atoms with Crippen LogP contribution in [-0.4, -0.2) is 48.1 Å². The van der Waals surface area contributed by atoms with Crippen LogP contribution in [0.25, 0.3) is 0 Å². The summed E-state index contributed by atoms with van der Waals surface area (Å²) in [7, 11) is 1.89. The fraction of sp³-hybridized carbons (Fsp3) is 0.467. The summed E-state index contributed by atoms with van der Waals surface area (Å²) in [6, 6.07) is 9.51. The molecule has 0 bridgehead atoms. The molecule has 0 unspecified atom stereocenters. The highest BCUT2D eigenvalue weighted by Gasteiger charge is 2.34. The number of aliphatic carboxylic acids is 1. The smallest absolute Gasteiger partial charge is 0.303 e. The van der Waals surface area contributed by atoms with Gasteiger partial charge < -0.3 is 10.0 Å². The van der Waals surface area contributed by atoms with Gasteiger partial charge in [0, 0.05) is 18.7 Å². The highest BCUT2D eigenvalue weighted by molar-refractivity contribution is 5.99. The predicted molar refractivity (Wildman–Crippen MR) is 76.7 cm³/mol. The molecule has 1 aliphatic rings. The molecular formula is C15H20N2O3. The second-order valence-corrected chi connectivity index (χ2v) is 5.11. The Morgan fingerprint density at radius 3 is 2.75 bits per heavy atom. The third-order valence-electron chi connectivity index (χ3n) is 3.68. The van der Waals surface area contributed by atoms with Crippen LogP contribution in [0.2, 0.25) is 0 Å². The van der Waals surface area contributed by atoms with Gasteiger partial charge in [0.1, 0.15) is 0 Å². The van der Waals surface area contributed by atoms with E-state index in [1.165, 1.54) is 0 Å². The van der Waals surface area contributed by atoms with E-state index in [9.17, 15) is 9.59 Å². The summed E-state index contributed by atoms with van der Waals surface area (Å²) in [6.07, 6.45) is 1.51. The second-order valence-electron chi connectivity index (χ2n) is 5.11. The monoisotopic (exact) mass is 276 g/mol. The summed E-state index contributed by atoms with van der Waals surface area (Å²) in [5, 5.41) is 8.64. The third-order valence-corrected chi connectivity index (χ3v) is 3.68. The van der Waals surface area contributed by atoms with Gasteiger partial charge >= 0.3 is 5.97 Å². The second kappa shape index (κ2) is 6.52. The van der Waals surface area contributed by atoms with Crippen LogP contribution in [0, 0.1) is 0 Å². The Hall–Kier alpha value is -1.88. The van der Waals surface area contributed by atoms with Crippen molar-refractivity contribution < 1.29 is 14.7 Å². The van der Waals surface area contributed by atoms with Crippen LogP contribution in [0.3, 0.4) is 0 Å². The normalized spacial score (nSPS) is 18.8. The zero-order chi connectivity index (χ0) is 14.5. The van der Waals surface area contributed by atoms with Crippen molar-refractivity contribution >= 4 is 17.6 Å². The first kappa shape index (κ1) is 14.5. The molecule has 5 heteroatoms. The Kier molecular flexibility index (Phi) is 4.74. The van der Waals surface area contributed by atoms with E-state index in [1.54, 1.807) is 4.90 Å². The minimum Gasteiger partial charge on any atom is -0.481 e. The molecule has 20 heavy (non-hydrogen) atoms. The van der Waals surface area contributed by atoms with E-state index in [0.29, 0.717) is 13.0 Å². The summed E-state index contributed by atoms with van der Waals surface area (Å²) in [6.45, 7) is 1.35. The van der Waals surface area contributed by atoms with Gasteiger partial charge in [0.2, 0.25) is 5.91 Å². The van der Waals surface area contributed by atoms with E-state index in [4.69, 9.17) is 5.11 Å². The quantitative estimate of drug-likeness (QED) is 0.857. The van der Waals surface area contributed by atoms with Crippen LogP contribution < -0.4 is 4.90 Å². The SMILES string of the molecule is CN(CCCC(=O)O)[C@H]1CCN(c2ccccc2)C1=O. The number of carbonyl (C=O) groups is 2. The Morgan fingerprint density at radius 1 is 1.40 bits per heavy atom. The first-order valence-electron chi connectivity index (χ1n) is 6.88. The zero-order valence-electron chi connectivity index (χ0n) is 11.7. The number of likely N-dealkylation sites (N-methyl/N-ethyl adjacent to an activating group) is 1. The maximum absolute atomic E-state index is 12.4. The molecule has 5 nitrogen and oxygen atoms in total. The van der Waals surface area contributed by atoms with Crippen molar-refractivity contribution in [1.29, 1.82) is 0 Å². The Morgan fingerprint density at radius 2 is 2.10 bits per heavy atom. The van der Waals surface area contributed by atoms with Crippen molar-refractivity contribution in [2.24, 2.45) is 0 Å². The van der Waals surface area contributed by atoms with Gasteiger partial charge in [-0.05, 0) is 38.6 Å². The van der Waals surface area contributed by atoms with Gasteiger partial charge in [-0.1, -0.05) is 18.2 Å². The lowest BCUT2D eigenvalue weighted by atomic mass is 10.2. The number of anilines is 1. The van der Waals surface area contributed by atoms with Gasteiger partial charge in [-0.2, -0.15) is 0 Å². The van der Waals surface area contributed by atoms with Gasteiger partial charge in [0.15, 0.2) is 0 Å². The number of rotatable bonds is 6. The van der Waals surface area contributed by atoms with Gasteiger partial charge in [-0.25, -0.2) is 0 Å². The van der Waals surface area contributed by atoms with E-state index in [-0.39, 0.29) is 18.4 Å². The van der Waals surface area contributed by atoms with Gasteiger partial charge in [0.25, 0.3) is 0 Å². The summed E-state index contributed by atoms with van der Waals surface area (Å²) < 4.78 is 0. The van der Waals surface area contributed by atoms with Crippen LogP contribution in [0.5, 0.6) is 0 Å². The molecule has 1 atom stereocenters. The van der Waals surface area contributed by atoms with E-state index >= 15 is 0 Å². The number of carboxylic acid groups (broad SMARTS) is 1. The Labute approximate surface area is 118 Å². The van der Waals surface area contributed by atoms with Crippen molar-refractivity contribution in [2.45, 2.75) is 25.3 Å². The van der Waals surface area contributed by atoms with E-state index in [0.717, 1.165) is 18.7 Å². The molecule has 0 saturated carbocycles. The van der Waals surface area contributed by atoms with Crippen LogP contribution >= 0.6 is 0 Å². The van der Waals surface area contributed by atoms with Crippen molar-refractivity contribution in [1.82, 2.24) is 4.90 Å². The Balaban J connectivity index is 1.92.